The molecule has 94 valence electrons. The third-order valence-electron chi connectivity index (χ3n) is 2.62. The van der Waals surface area contributed by atoms with Crippen LogP contribution < -0.4 is 10.6 Å². The van der Waals surface area contributed by atoms with Gasteiger partial charge in [-0.25, -0.2) is 9.97 Å². The third-order valence-corrected chi connectivity index (χ3v) is 3.15. The monoisotopic (exact) mass is 306 g/mol. The smallest absolute Gasteiger partial charge is 0.225 e. The molecule has 0 saturated carbocycles. The highest BCUT2D eigenvalue weighted by Gasteiger charge is 2.04. The van der Waals surface area contributed by atoms with Crippen molar-refractivity contribution in [2.45, 2.75) is 0 Å². The van der Waals surface area contributed by atoms with E-state index in [9.17, 15) is 0 Å². The number of halogens is 1. The number of benzene rings is 1. The van der Waals surface area contributed by atoms with Crippen molar-refractivity contribution in [2.24, 2.45) is 5.73 Å². The van der Waals surface area contributed by atoms with Gasteiger partial charge in [0.2, 0.25) is 5.95 Å². The van der Waals surface area contributed by atoms with Crippen LogP contribution in [-0.4, -0.2) is 30.1 Å². The third kappa shape index (κ3) is 3.05. The maximum atomic E-state index is 5.50. The standard InChI is InChI=1S/C13H15BrN4/c1-18(7-6-15)13-16-8-11(9-17-13)10-2-4-12(14)5-3-10/h2-5,8-9H,6-7,15H2,1H3. The van der Waals surface area contributed by atoms with Crippen molar-refractivity contribution in [3.8, 4) is 11.1 Å². The average Bonchev–Trinajstić information content (AvgIpc) is 2.40. The van der Waals surface area contributed by atoms with Crippen LogP contribution in [0.4, 0.5) is 5.95 Å². The van der Waals surface area contributed by atoms with Gasteiger partial charge in [-0.15, -0.1) is 0 Å². The van der Waals surface area contributed by atoms with Gasteiger partial charge >= 0.3 is 0 Å². The first-order valence-electron chi connectivity index (χ1n) is 5.70. The number of nitrogens with two attached hydrogens (primary N) is 1. The van der Waals surface area contributed by atoms with E-state index in [-0.39, 0.29) is 0 Å². The molecule has 4 nitrogen and oxygen atoms in total. The van der Waals surface area contributed by atoms with Crippen LogP contribution in [0.25, 0.3) is 11.1 Å². The molecule has 0 saturated heterocycles. The van der Waals surface area contributed by atoms with E-state index in [0.717, 1.165) is 22.1 Å². The van der Waals surface area contributed by atoms with Crippen LogP contribution in [0.1, 0.15) is 0 Å². The van der Waals surface area contributed by atoms with E-state index in [2.05, 4.69) is 25.9 Å². The van der Waals surface area contributed by atoms with Crippen molar-refractivity contribution in [1.29, 1.82) is 0 Å². The van der Waals surface area contributed by atoms with E-state index >= 15 is 0 Å². The van der Waals surface area contributed by atoms with Crippen LogP contribution in [-0.2, 0) is 0 Å². The summed E-state index contributed by atoms with van der Waals surface area (Å²) in [5.41, 5.74) is 7.61. The summed E-state index contributed by atoms with van der Waals surface area (Å²) in [6.07, 6.45) is 3.66. The molecule has 0 bridgehead atoms. The zero-order valence-corrected chi connectivity index (χ0v) is 11.8. The first-order valence-corrected chi connectivity index (χ1v) is 6.49. The molecule has 2 aromatic rings. The minimum Gasteiger partial charge on any atom is -0.343 e. The maximum absolute atomic E-state index is 5.50. The number of aromatic nitrogens is 2. The Labute approximate surface area is 115 Å². The van der Waals surface area contributed by atoms with Crippen molar-refractivity contribution < 1.29 is 0 Å². The number of hydrogen-bond donors (Lipinski definition) is 1. The molecular formula is C13H15BrN4. The first-order chi connectivity index (χ1) is 8.70. The van der Waals surface area contributed by atoms with Crippen molar-refractivity contribution in [1.82, 2.24) is 9.97 Å². The Morgan fingerprint density at radius 3 is 2.28 bits per heavy atom. The largest absolute Gasteiger partial charge is 0.343 e. The lowest BCUT2D eigenvalue weighted by molar-refractivity contribution is 0.846. The van der Waals surface area contributed by atoms with Gasteiger partial charge in [0.05, 0.1) is 0 Å². The molecule has 0 aliphatic heterocycles. The average molecular weight is 307 g/mol. The summed E-state index contributed by atoms with van der Waals surface area (Å²) in [6.45, 7) is 1.34. The quantitative estimate of drug-likeness (QED) is 0.942. The molecule has 0 fully saturated rings. The van der Waals surface area contributed by atoms with Crippen LogP contribution >= 0.6 is 15.9 Å². The molecule has 0 atom stereocenters. The lowest BCUT2D eigenvalue weighted by atomic mass is 10.1. The minimum absolute atomic E-state index is 0.592. The molecule has 2 N–H and O–H groups in total. The van der Waals surface area contributed by atoms with E-state index in [1.54, 1.807) is 0 Å². The Hall–Kier alpha value is -1.46. The number of hydrogen-bond acceptors (Lipinski definition) is 4. The van der Waals surface area contributed by atoms with Gasteiger partial charge in [0.25, 0.3) is 0 Å². The Kier molecular flexibility index (Phi) is 4.28. The fourth-order valence-electron chi connectivity index (χ4n) is 1.60. The van der Waals surface area contributed by atoms with E-state index in [1.165, 1.54) is 0 Å². The molecule has 5 heteroatoms. The summed E-state index contributed by atoms with van der Waals surface area (Å²) < 4.78 is 1.06. The normalized spacial score (nSPS) is 10.4. The lowest BCUT2D eigenvalue weighted by Gasteiger charge is -2.15. The SMILES string of the molecule is CN(CCN)c1ncc(-c2ccc(Br)cc2)cn1. The number of nitrogens with zero attached hydrogens (tertiary/aromatic N) is 3. The van der Waals surface area contributed by atoms with Crippen LogP contribution in [0.15, 0.2) is 41.1 Å². The molecule has 2 rings (SSSR count). The summed E-state index contributed by atoms with van der Waals surface area (Å²) in [5, 5.41) is 0. The summed E-state index contributed by atoms with van der Waals surface area (Å²) >= 11 is 3.42. The van der Waals surface area contributed by atoms with Crippen LogP contribution in [0.2, 0.25) is 0 Å². The van der Waals surface area contributed by atoms with Gasteiger partial charge in [-0.05, 0) is 17.7 Å². The first kappa shape index (κ1) is 13.0. The van der Waals surface area contributed by atoms with Gasteiger partial charge in [-0.2, -0.15) is 0 Å². The predicted octanol–water partition coefficient (Wildman–Crippen LogP) is 2.30. The fourth-order valence-corrected chi connectivity index (χ4v) is 1.87. The van der Waals surface area contributed by atoms with Gasteiger partial charge in [-0.1, -0.05) is 28.1 Å². The summed E-state index contributed by atoms with van der Waals surface area (Å²) in [4.78, 5) is 10.6. The van der Waals surface area contributed by atoms with Crippen molar-refractivity contribution >= 4 is 21.9 Å². The predicted molar refractivity (Wildman–Crippen MR) is 77.5 cm³/mol. The maximum Gasteiger partial charge on any atom is 0.225 e. The lowest BCUT2D eigenvalue weighted by Crippen LogP contribution is -2.26. The van der Waals surface area contributed by atoms with Crippen molar-refractivity contribution in [3.63, 3.8) is 0 Å². The van der Waals surface area contributed by atoms with Gasteiger partial charge in [-0.3, -0.25) is 0 Å². The molecule has 0 unspecified atom stereocenters. The van der Waals surface area contributed by atoms with Gasteiger partial charge in [0.15, 0.2) is 0 Å². The number of anilines is 1. The van der Waals surface area contributed by atoms with Gasteiger partial charge in [0.1, 0.15) is 0 Å². The molecule has 0 aliphatic carbocycles. The fraction of sp³-hybridized carbons (Fsp3) is 0.231. The Morgan fingerprint density at radius 1 is 1.11 bits per heavy atom. The highest BCUT2D eigenvalue weighted by Crippen LogP contribution is 2.21. The topological polar surface area (TPSA) is 55.0 Å². The summed E-state index contributed by atoms with van der Waals surface area (Å²) in [7, 11) is 1.93. The molecule has 1 heterocycles. The summed E-state index contributed by atoms with van der Waals surface area (Å²) in [5.74, 6) is 0.696. The second kappa shape index (κ2) is 5.93. The zero-order valence-electron chi connectivity index (χ0n) is 10.2. The van der Waals surface area contributed by atoms with Crippen LogP contribution in [0.3, 0.4) is 0 Å². The Balaban J connectivity index is 2.19. The number of likely N-dealkylation sites (N-methyl/N-ethyl adjacent to an activating group) is 1. The van der Waals surface area contributed by atoms with Gasteiger partial charge < -0.3 is 10.6 Å². The molecule has 1 aromatic heterocycles. The zero-order chi connectivity index (χ0) is 13.0. The number of rotatable bonds is 4. The summed E-state index contributed by atoms with van der Waals surface area (Å²) in [6, 6.07) is 8.08. The second-order valence-corrected chi connectivity index (χ2v) is 4.90. The van der Waals surface area contributed by atoms with Gasteiger partial charge in [0, 0.05) is 42.6 Å². The van der Waals surface area contributed by atoms with Crippen molar-refractivity contribution in [3.05, 3.63) is 41.1 Å². The molecule has 1 aromatic carbocycles. The molecular weight excluding hydrogens is 292 g/mol. The molecule has 0 aliphatic rings. The highest BCUT2D eigenvalue weighted by molar-refractivity contribution is 9.10. The molecule has 18 heavy (non-hydrogen) atoms. The van der Waals surface area contributed by atoms with E-state index in [0.29, 0.717) is 12.5 Å². The van der Waals surface area contributed by atoms with Crippen LogP contribution in [0.5, 0.6) is 0 Å². The van der Waals surface area contributed by atoms with Crippen LogP contribution in [0, 0.1) is 0 Å². The van der Waals surface area contributed by atoms with E-state index in [1.807, 2.05) is 48.6 Å². The minimum atomic E-state index is 0.592. The Morgan fingerprint density at radius 2 is 1.72 bits per heavy atom. The van der Waals surface area contributed by atoms with Crippen molar-refractivity contribution in [2.75, 3.05) is 25.0 Å². The second-order valence-electron chi connectivity index (χ2n) is 3.99. The highest BCUT2D eigenvalue weighted by atomic mass is 79.9. The van der Waals surface area contributed by atoms with E-state index in [4.69, 9.17) is 5.73 Å². The molecule has 0 amide bonds. The molecule has 0 radical (unpaired) electrons. The van der Waals surface area contributed by atoms with E-state index < -0.39 is 0 Å². The molecule has 0 spiro atoms. The Bertz CT molecular complexity index is 495.